The Morgan fingerprint density at radius 2 is 1.87 bits per heavy atom. The maximum Gasteiger partial charge on any atom is 0.549 e. The zero-order chi connectivity index (χ0) is 33.3. The first-order chi connectivity index (χ1) is 21.4. The van der Waals surface area contributed by atoms with E-state index in [2.05, 4.69) is 43.0 Å². The molecule has 1 aromatic heterocycles. The maximum absolute atomic E-state index is 13.2. The number of nitrogens with zero attached hydrogens (tertiary/aromatic N) is 3. The number of carbonyl (C=O) groups is 4. The lowest BCUT2D eigenvalue weighted by Gasteiger charge is -2.35. The highest BCUT2D eigenvalue weighted by Gasteiger charge is 2.41. The van der Waals surface area contributed by atoms with Crippen LogP contribution in [0.2, 0.25) is 0 Å². The van der Waals surface area contributed by atoms with Gasteiger partial charge in [0.05, 0.1) is 30.5 Å². The third-order valence-electron chi connectivity index (χ3n) is 7.59. The highest BCUT2D eigenvalue weighted by Crippen LogP contribution is 2.32. The van der Waals surface area contributed by atoms with E-state index in [1.807, 2.05) is 0 Å². The van der Waals surface area contributed by atoms with Crippen molar-refractivity contribution in [2.45, 2.75) is 52.5 Å². The molecule has 0 spiro atoms. The van der Waals surface area contributed by atoms with Crippen molar-refractivity contribution in [3.05, 3.63) is 65.6 Å². The van der Waals surface area contributed by atoms with Crippen LogP contribution >= 0.6 is 0 Å². The number of para-hydroxylation sites is 1. The lowest BCUT2D eigenvalue weighted by Crippen LogP contribution is -2.59. The fourth-order valence-corrected chi connectivity index (χ4v) is 4.63. The summed E-state index contributed by atoms with van der Waals surface area (Å²) in [6.07, 6.45) is 3.11. The molecule has 3 N–H and O–H groups in total. The normalized spacial score (nSPS) is 16.6. The molecule has 3 heterocycles. The van der Waals surface area contributed by atoms with Crippen LogP contribution in [0.1, 0.15) is 61.8 Å². The highest BCUT2D eigenvalue weighted by atomic mass is 16.6. The second-order valence-corrected chi connectivity index (χ2v) is 11.0. The highest BCUT2D eigenvalue weighted by molar-refractivity contribution is 6.48. The molecule has 14 heteroatoms. The Morgan fingerprint density at radius 1 is 1.16 bits per heavy atom. The third kappa shape index (κ3) is 8.53. The quantitative estimate of drug-likeness (QED) is 0.265. The largest absolute Gasteiger partial charge is 0.549 e. The molecule has 2 aliphatic rings. The van der Waals surface area contributed by atoms with Gasteiger partial charge in [0.15, 0.2) is 0 Å². The number of carbonyl (C=O) groups excluding carboxylic acids is 3. The number of aromatic carboxylic acids is 1. The molecule has 0 bridgehead atoms. The van der Waals surface area contributed by atoms with Gasteiger partial charge in [-0.1, -0.05) is 45.9 Å². The molecule has 45 heavy (non-hydrogen) atoms. The Morgan fingerprint density at radius 3 is 2.42 bits per heavy atom. The maximum atomic E-state index is 13.2. The Labute approximate surface area is 264 Å². The van der Waals surface area contributed by atoms with Gasteiger partial charge in [0.1, 0.15) is 17.5 Å². The summed E-state index contributed by atoms with van der Waals surface area (Å²) < 4.78 is 16.6. The van der Waals surface area contributed by atoms with Gasteiger partial charge >= 0.3 is 30.9 Å². The summed E-state index contributed by atoms with van der Waals surface area (Å²) >= 11 is 0. The first-order valence-electron chi connectivity index (χ1n) is 14.9. The number of ether oxygens (including phenoxy) is 1. The van der Waals surface area contributed by atoms with Crippen LogP contribution in [0.15, 0.2) is 48.8 Å². The van der Waals surface area contributed by atoms with Gasteiger partial charge in [0, 0.05) is 32.4 Å². The zero-order valence-corrected chi connectivity index (χ0v) is 26.7. The Hall–Kier alpha value is -4.59. The summed E-state index contributed by atoms with van der Waals surface area (Å²) in [6.45, 7) is 13.1. The number of aromatic nitrogens is 1. The van der Waals surface area contributed by atoms with E-state index in [1.54, 1.807) is 31.2 Å². The predicted octanol–water partition coefficient (Wildman–Crippen LogP) is 3.06. The SMILES string of the molecule is C=C(NC1Cc2cccc(C(=O)O)c2OB1OC)C(NC(=O)N1CCN(CC)C(=O)C1=O)c1ccc(OC)cn1.CCC(C)C. The topological polar surface area (TPSA) is 160 Å². The van der Waals surface area contributed by atoms with Crippen molar-refractivity contribution >= 4 is 30.9 Å². The molecule has 2 unspecified atom stereocenters. The van der Waals surface area contributed by atoms with Crippen LogP contribution < -0.4 is 20.0 Å². The molecule has 4 rings (SSSR count). The number of urea groups is 1. The fourth-order valence-electron chi connectivity index (χ4n) is 4.63. The van der Waals surface area contributed by atoms with E-state index in [4.69, 9.17) is 14.0 Å². The van der Waals surface area contributed by atoms with Crippen LogP contribution in [0.25, 0.3) is 0 Å². The Kier molecular flexibility index (Phi) is 12.4. The average molecular weight is 624 g/mol. The predicted molar refractivity (Wildman–Crippen MR) is 168 cm³/mol. The molecular weight excluding hydrogens is 581 g/mol. The van der Waals surface area contributed by atoms with E-state index < -0.39 is 42.9 Å². The van der Waals surface area contributed by atoms with Gasteiger partial charge in [-0.15, -0.1) is 0 Å². The number of amides is 4. The molecule has 2 aliphatic heterocycles. The summed E-state index contributed by atoms with van der Waals surface area (Å²) in [6, 6.07) is 6.43. The number of carboxylic acid groups (broad SMARTS) is 1. The van der Waals surface area contributed by atoms with Gasteiger partial charge in [-0.2, -0.15) is 0 Å². The van der Waals surface area contributed by atoms with Crippen molar-refractivity contribution in [1.29, 1.82) is 0 Å². The number of benzene rings is 1. The van der Waals surface area contributed by atoms with E-state index in [0.29, 0.717) is 35.7 Å². The van der Waals surface area contributed by atoms with E-state index in [-0.39, 0.29) is 24.4 Å². The molecule has 1 saturated heterocycles. The first-order valence-corrected chi connectivity index (χ1v) is 14.9. The molecule has 0 aliphatic carbocycles. The van der Waals surface area contributed by atoms with Crippen LogP contribution in [0.3, 0.4) is 0 Å². The number of fused-ring (bicyclic) bond motifs is 1. The number of rotatable bonds is 10. The Balaban J connectivity index is 0.00000102. The fraction of sp³-hybridized carbons (Fsp3) is 0.452. The molecule has 4 amide bonds. The summed E-state index contributed by atoms with van der Waals surface area (Å²) in [7, 11) is 2.04. The number of hydrogen-bond donors (Lipinski definition) is 3. The minimum atomic E-state index is -1.12. The summed E-state index contributed by atoms with van der Waals surface area (Å²) in [4.78, 5) is 56.5. The summed E-state index contributed by atoms with van der Waals surface area (Å²) in [5.41, 5.74) is 1.36. The van der Waals surface area contributed by atoms with Crippen LogP contribution in [0.5, 0.6) is 11.5 Å². The average Bonchev–Trinajstić information content (AvgIpc) is 3.04. The van der Waals surface area contributed by atoms with E-state index in [0.717, 1.165) is 10.8 Å². The number of imide groups is 1. The number of nitrogens with one attached hydrogen (secondary N) is 2. The third-order valence-corrected chi connectivity index (χ3v) is 7.59. The number of likely N-dealkylation sites (N-methyl/N-ethyl adjacent to an activating group) is 1. The molecule has 2 aromatic rings. The standard InChI is InChI=1S/C26H30BN5O8.C5H12/c1-5-31-11-12-32(24(34)23(31)33)26(37)30-21(19-10-9-17(38-3)14-28-19)15(2)29-20-13-16-7-6-8-18(25(35)36)22(16)40-27(20)39-4;1-4-5(2)3/h6-10,14,20-21,29H,2,5,11-13H2,1,3-4H3,(H,30,37)(H,35,36);5H,4H2,1-3H3. The van der Waals surface area contributed by atoms with Crippen LogP contribution in [0, 0.1) is 5.92 Å². The van der Waals surface area contributed by atoms with Crippen molar-refractivity contribution in [3.8, 4) is 11.5 Å². The van der Waals surface area contributed by atoms with Gasteiger partial charge in [0.2, 0.25) is 0 Å². The molecule has 1 aromatic carbocycles. The van der Waals surface area contributed by atoms with Crippen molar-refractivity contribution in [1.82, 2.24) is 25.4 Å². The second-order valence-electron chi connectivity index (χ2n) is 11.0. The monoisotopic (exact) mass is 623 g/mol. The minimum Gasteiger partial charge on any atom is -0.534 e. The van der Waals surface area contributed by atoms with E-state index in [9.17, 15) is 24.3 Å². The molecular formula is C31H42BN5O8. The number of carboxylic acids is 1. The molecule has 242 valence electrons. The Bertz CT molecular complexity index is 1390. The minimum absolute atomic E-state index is 0.0202. The van der Waals surface area contributed by atoms with Crippen molar-refractivity contribution in [3.63, 3.8) is 0 Å². The second kappa shape index (κ2) is 15.9. The van der Waals surface area contributed by atoms with Gasteiger partial charge in [-0.25, -0.2) is 9.59 Å². The molecule has 0 radical (unpaired) electrons. The number of hydrogen-bond acceptors (Lipinski definition) is 9. The van der Waals surface area contributed by atoms with Gasteiger partial charge in [-0.05, 0) is 43.0 Å². The lowest BCUT2D eigenvalue weighted by atomic mass is 9.71. The van der Waals surface area contributed by atoms with Crippen LogP contribution in [-0.2, 0) is 20.7 Å². The lowest BCUT2D eigenvalue weighted by molar-refractivity contribution is -0.153. The summed E-state index contributed by atoms with van der Waals surface area (Å²) in [5.74, 6) is -1.71. The number of pyridine rings is 1. The van der Waals surface area contributed by atoms with Crippen molar-refractivity contribution in [2.24, 2.45) is 5.92 Å². The number of piperazine rings is 1. The first kappa shape index (κ1) is 34.9. The van der Waals surface area contributed by atoms with Crippen molar-refractivity contribution in [2.75, 3.05) is 33.9 Å². The zero-order valence-electron chi connectivity index (χ0n) is 26.7. The smallest absolute Gasteiger partial charge is 0.534 e. The van der Waals surface area contributed by atoms with Gasteiger partial charge in [-0.3, -0.25) is 19.5 Å². The van der Waals surface area contributed by atoms with Gasteiger partial charge in [0.25, 0.3) is 0 Å². The van der Waals surface area contributed by atoms with E-state index in [1.165, 1.54) is 37.8 Å². The summed E-state index contributed by atoms with van der Waals surface area (Å²) in [5, 5.41) is 15.5. The van der Waals surface area contributed by atoms with Crippen molar-refractivity contribution < 1.29 is 38.3 Å². The molecule has 2 atom stereocenters. The molecule has 1 fully saturated rings. The molecule has 0 saturated carbocycles. The van der Waals surface area contributed by atoms with Gasteiger partial charge < -0.3 is 34.7 Å². The van der Waals surface area contributed by atoms with Crippen LogP contribution in [-0.4, -0.2) is 90.6 Å². The number of methoxy groups -OCH3 is 1. The van der Waals surface area contributed by atoms with E-state index >= 15 is 0 Å². The van der Waals surface area contributed by atoms with Crippen LogP contribution in [0.4, 0.5) is 4.79 Å². The molecule has 13 nitrogen and oxygen atoms in total.